The molecular weight excluding hydrogens is 238 g/mol. The average molecular weight is 259 g/mol. The van der Waals surface area contributed by atoms with Crippen LogP contribution in [0.2, 0.25) is 0 Å². The Morgan fingerprint density at radius 3 is 2.84 bits per heavy atom. The number of nitrogens with zero attached hydrogens (tertiary/aromatic N) is 2. The van der Waals surface area contributed by atoms with Gasteiger partial charge in [-0.1, -0.05) is 18.2 Å². The van der Waals surface area contributed by atoms with Crippen molar-refractivity contribution in [3.63, 3.8) is 0 Å². The molecule has 19 heavy (non-hydrogen) atoms. The van der Waals surface area contributed by atoms with Gasteiger partial charge in [-0.15, -0.1) is 0 Å². The molecule has 2 heterocycles. The third kappa shape index (κ3) is 1.70. The van der Waals surface area contributed by atoms with Gasteiger partial charge in [-0.25, -0.2) is 0 Å². The normalized spacial score (nSPS) is 27.9. The minimum absolute atomic E-state index is 0.142. The summed E-state index contributed by atoms with van der Waals surface area (Å²) in [7, 11) is 0. The molecule has 1 atom stereocenters. The number of fused-ring (bicyclic) bond motifs is 2. The van der Waals surface area contributed by atoms with E-state index in [9.17, 15) is 0 Å². The summed E-state index contributed by atoms with van der Waals surface area (Å²) >= 11 is 0. The van der Waals surface area contributed by atoms with Crippen molar-refractivity contribution in [2.45, 2.75) is 38.3 Å². The van der Waals surface area contributed by atoms with Gasteiger partial charge in [-0.3, -0.25) is 4.99 Å². The van der Waals surface area contributed by atoms with Crippen LogP contribution in [0.15, 0.2) is 29.3 Å². The summed E-state index contributed by atoms with van der Waals surface area (Å²) in [5, 5.41) is 0. The van der Waals surface area contributed by atoms with Crippen LogP contribution in [0.3, 0.4) is 0 Å². The van der Waals surface area contributed by atoms with Gasteiger partial charge in [0, 0.05) is 18.5 Å². The van der Waals surface area contributed by atoms with E-state index in [1.807, 2.05) is 12.1 Å². The van der Waals surface area contributed by atoms with Crippen LogP contribution >= 0.6 is 0 Å². The van der Waals surface area contributed by atoms with E-state index < -0.39 is 0 Å². The van der Waals surface area contributed by atoms with E-state index in [0.29, 0.717) is 5.96 Å². The second kappa shape index (κ2) is 3.89. The zero-order valence-electron chi connectivity index (χ0n) is 11.8. The van der Waals surface area contributed by atoms with Crippen molar-refractivity contribution in [2.24, 2.45) is 10.7 Å². The summed E-state index contributed by atoms with van der Waals surface area (Å²) in [6, 6.07) is 8.26. The fourth-order valence-electron chi connectivity index (χ4n) is 3.52. The number of aliphatic imine (C=N–C) groups is 1. The highest BCUT2D eigenvalue weighted by molar-refractivity contribution is 5.81. The highest BCUT2D eigenvalue weighted by Crippen LogP contribution is 2.48. The van der Waals surface area contributed by atoms with Crippen LogP contribution in [0, 0.1) is 0 Å². The first-order chi connectivity index (χ1) is 8.98. The molecule has 0 bridgehead atoms. The molecule has 1 spiro atoms. The molecule has 102 valence electrons. The molecule has 0 aromatic heterocycles. The second-order valence-corrected chi connectivity index (χ2v) is 5.98. The lowest BCUT2D eigenvalue weighted by Crippen LogP contribution is -2.55. The first-order valence-corrected chi connectivity index (χ1v) is 6.85. The van der Waals surface area contributed by atoms with Crippen LogP contribution in [0.25, 0.3) is 0 Å². The van der Waals surface area contributed by atoms with E-state index in [1.165, 1.54) is 5.56 Å². The second-order valence-electron chi connectivity index (χ2n) is 5.98. The monoisotopic (exact) mass is 259 g/mol. The van der Waals surface area contributed by atoms with Gasteiger partial charge in [0.2, 0.25) is 0 Å². The molecule has 0 saturated heterocycles. The molecule has 3 rings (SSSR count). The number of hydrogen-bond donors (Lipinski definition) is 1. The zero-order valence-corrected chi connectivity index (χ0v) is 11.8. The Kier molecular flexibility index (Phi) is 2.52. The predicted octanol–water partition coefficient (Wildman–Crippen LogP) is 2.09. The first kappa shape index (κ1) is 12.3. The Labute approximate surface area is 114 Å². The molecule has 0 radical (unpaired) electrons. The van der Waals surface area contributed by atoms with Gasteiger partial charge in [0.05, 0.1) is 12.1 Å². The number of para-hydroxylation sites is 1. The highest BCUT2D eigenvalue weighted by atomic mass is 16.5. The number of nitrogens with two attached hydrogens (primary N) is 1. The number of benzene rings is 1. The fourth-order valence-corrected chi connectivity index (χ4v) is 3.52. The average Bonchev–Trinajstić information content (AvgIpc) is 2.65. The predicted molar refractivity (Wildman–Crippen MR) is 76.3 cm³/mol. The lowest BCUT2D eigenvalue weighted by Gasteiger charge is -2.48. The number of guanidine groups is 1. The van der Waals surface area contributed by atoms with Crippen molar-refractivity contribution in [2.75, 3.05) is 13.1 Å². The van der Waals surface area contributed by atoms with E-state index in [1.54, 1.807) is 0 Å². The molecule has 0 saturated carbocycles. The molecule has 1 aromatic carbocycles. The van der Waals surface area contributed by atoms with Gasteiger partial charge < -0.3 is 15.4 Å². The molecule has 2 aliphatic rings. The maximum absolute atomic E-state index is 6.12. The Morgan fingerprint density at radius 1 is 1.37 bits per heavy atom. The smallest absolute Gasteiger partial charge is 0.192 e. The Hall–Kier alpha value is -1.71. The molecule has 4 nitrogen and oxygen atoms in total. The Balaban J connectivity index is 2.16. The lowest BCUT2D eigenvalue weighted by molar-refractivity contribution is 0.00956. The molecule has 2 aliphatic heterocycles. The van der Waals surface area contributed by atoms with Crippen molar-refractivity contribution in [3.05, 3.63) is 29.8 Å². The van der Waals surface area contributed by atoms with E-state index in [2.05, 4.69) is 42.8 Å². The van der Waals surface area contributed by atoms with Gasteiger partial charge in [-0.2, -0.15) is 0 Å². The largest absolute Gasteiger partial charge is 0.487 e. The molecule has 0 fully saturated rings. The third-order valence-electron chi connectivity index (χ3n) is 4.10. The van der Waals surface area contributed by atoms with E-state index in [4.69, 9.17) is 10.5 Å². The van der Waals surface area contributed by atoms with Gasteiger partial charge in [0.25, 0.3) is 0 Å². The summed E-state index contributed by atoms with van der Waals surface area (Å²) in [5.74, 6) is 1.61. The standard InChI is InChI=1S/C15H21N3O/c1-4-18-13(16)17-10-15(18)9-14(2,3)19-12-8-6-5-7-11(12)15/h5-8H,4,9-10H2,1-3H3,(H2,16,17). The van der Waals surface area contributed by atoms with Gasteiger partial charge >= 0.3 is 0 Å². The van der Waals surface area contributed by atoms with E-state index in [0.717, 1.165) is 25.3 Å². The third-order valence-corrected chi connectivity index (χ3v) is 4.10. The van der Waals surface area contributed by atoms with Gasteiger partial charge in [-0.05, 0) is 26.8 Å². The maximum Gasteiger partial charge on any atom is 0.192 e. The summed E-state index contributed by atoms with van der Waals surface area (Å²) in [5.41, 5.74) is 6.94. The number of hydrogen-bond acceptors (Lipinski definition) is 4. The van der Waals surface area contributed by atoms with Crippen LogP contribution in [-0.2, 0) is 5.54 Å². The minimum atomic E-state index is -0.206. The summed E-state index contributed by atoms with van der Waals surface area (Å²) in [6.45, 7) is 7.97. The van der Waals surface area contributed by atoms with Crippen molar-refractivity contribution in [3.8, 4) is 5.75 Å². The van der Waals surface area contributed by atoms with Crippen molar-refractivity contribution in [1.82, 2.24) is 4.90 Å². The molecule has 1 unspecified atom stereocenters. The minimum Gasteiger partial charge on any atom is -0.487 e. The van der Waals surface area contributed by atoms with Crippen LogP contribution in [0.5, 0.6) is 5.75 Å². The SMILES string of the molecule is CCN1C(N)=NCC12CC(C)(C)Oc1ccccc12. The molecule has 4 heteroatoms. The molecule has 2 N–H and O–H groups in total. The van der Waals surface area contributed by atoms with Crippen LogP contribution in [0.1, 0.15) is 32.8 Å². The Bertz CT molecular complexity index is 538. The van der Waals surface area contributed by atoms with Gasteiger partial charge in [0.1, 0.15) is 11.4 Å². The number of rotatable bonds is 1. The summed E-state index contributed by atoms with van der Waals surface area (Å²) in [4.78, 5) is 6.71. The quantitative estimate of drug-likeness (QED) is 0.840. The summed E-state index contributed by atoms with van der Waals surface area (Å²) in [6.07, 6.45) is 0.898. The van der Waals surface area contributed by atoms with E-state index >= 15 is 0 Å². The first-order valence-electron chi connectivity index (χ1n) is 6.85. The van der Waals surface area contributed by atoms with Crippen LogP contribution in [0.4, 0.5) is 0 Å². The zero-order chi connectivity index (χ0) is 13.7. The Morgan fingerprint density at radius 2 is 2.11 bits per heavy atom. The van der Waals surface area contributed by atoms with E-state index in [-0.39, 0.29) is 11.1 Å². The topological polar surface area (TPSA) is 50.8 Å². The number of likely N-dealkylation sites (N-methyl/N-ethyl adjacent to an activating group) is 1. The molecule has 1 aromatic rings. The van der Waals surface area contributed by atoms with Crippen molar-refractivity contribution >= 4 is 5.96 Å². The van der Waals surface area contributed by atoms with Crippen molar-refractivity contribution in [1.29, 1.82) is 0 Å². The number of ether oxygens (including phenoxy) is 1. The summed E-state index contributed by atoms with van der Waals surface area (Å²) < 4.78 is 6.12. The molecular formula is C15H21N3O. The molecule has 0 aliphatic carbocycles. The fraction of sp³-hybridized carbons (Fsp3) is 0.533. The lowest BCUT2D eigenvalue weighted by atomic mass is 9.77. The van der Waals surface area contributed by atoms with Crippen molar-refractivity contribution < 1.29 is 4.74 Å². The maximum atomic E-state index is 6.12. The van der Waals surface area contributed by atoms with Crippen LogP contribution in [-0.4, -0.2) is 29.6 Å². The van der Waals surface area contributed by atoms with Crippen LogP contribution < -0.4 is 10.5 Å². The van der Waals surface area contributed by atoms with Gasteiger partial charge in [0.15, 0.2) is 5.96 Å². The molecule has 0 amide bonds. The highest BCUT2D eigenvalue weighted by Gasteiger charge is 2.51.